The predicted molar refractivity (Wildman–Crippen MR) is 89.8 cm³/mol. The molecule has 0 spiro atoms. The number of anilines is 1. The zero-order valence-electron chi connectivity index (χ0n) is 12.0. The normalized spacial score (nSPS) is 10.5. The van der Waals surface area contributed by atoms with E-state index >= 15 is 0 Å². The van der Waals surface area contributed by atoms with Gasteiger partial charge in [0.25, 0.3) is 5.91 Å². The van der Waals surface area contributed by atoms with Crippen molar-refractivity contribution in [3.8, 4) is 0 Å². The SMILES string of the molecule is O=C(Nc1ccccc1Cn1cccn1)c1cc(F)ccc1Br. The molecule has 4 nitrogen and oxygen atoms in total. The molecule has 6 heteroatoms. The number of nitrogens with zero attached hydrogens (tertiary/aromatic N) is 2. The Balaban J connectivity index is 1.85. The van der Waals surface area contributed by atoms with Gasteiger partial charge in [0.1, 0.15) is 5.82 Å². The Morgan fingerprint density at radius 2 is 2.04 bits per heavy atom. The summed E-state index contributed by atoms with van der Waals surface area (Å²) in [5.74, 6) is -0.826. The standard InChI is InChI=1S/C17H13BrFN3O/c18-15-7-6-13(19)10-14(15)17(23)21-16-5-2-1-4-12(16)11-22-9-3-8-20-22/h1-10H,11H2,(H,21,23). The second-order valence-corrected chi connectivity index (χ2v) is 5.79. The van der Waals surface area contributed by atoms with E-state index in [0.29, 0.717) is 16.7 Å². The van der Waals surface area contributed by atoms with Crippen molar-refractivity contribution in [1.82, 2.24) is 9.78 Å². The maximum Gasteiger partial charge on any atom is 0.256 e. The highest BCUT2D eigenvalue weighted by Gasteiger charge is 2.13. The van der Waals surface area contributed by atoms with Crippen molar-refractivity contribution >= 4 is 27.5 Å². The lowest BCUT2D eigenvalue weighted by Gasteiger charge is -2.12. The van der Waals surface area contributed by atoms with Crippen LogP contribution < -0.4 is 5.32 Å². The van der Waals surface area contributed by atoms with Gasteiger partial charge in [0, 0.05) is 22.6 Å². The van der Waals surface area contributed by atoms with Crippen molar-refractivity contribution in [3.63, 3.8) is 0 Å². The molecule has 0 aliphatic carbocycles. The van der Waals surface area contributed by atoms with E-state index in [-0.39, 0.29) is 11.5 Å². The molecule has 0 bridgehead atoms. The first-order chi connectivity index (χ1) is 11.1. The third-order valence-corrected chi connectivity index (χ3v) is 4.02. The number of nitrogens with one attached hydrogen (secondary N) is 1. The quantitative estimate of drug-likeness (QED) is 0.748. The fourth-order valence-electron chi connectivity index (χ4n) is 2.21. The van der Waals surface area contributed by atoms with Crippen LogP contribution in [0.5, 0.6) is 0 Å². The molecule has 0 unspecified atom stereocenters. The van der Waals surface area contributed by atoms with Crippen molar-refractivity contribution in [2.75, 3.05) is 5.32 Å². The lowest BCUT2D eigenvalue weighted by Crippen LogP contribution is -2.15. The third kappa shape index (κ3) is 3.65. The van der Waals surface area contributed by atoms with E-state index in [1.165, 1.54) is 18.2 Å². The smallest absolute Gasteiger partial charge is 0.256 e. The second-order valence-electron chi connectivity index (χ2n) is 4.94. The summed E-state index contributed by atoms with van der Waals surface area (Å²) in [5, 5.41) is 6.99. The first kappa shape index (κ1) is 15.4. The van der Waals surface area contributed by atoms with Gasteiger partial charge in [-0.3, -0.25) is 9.48 Å². The molecule has 0 aliphatic rings. The molecule has 0 radical (unpaired) electrons. The highest BCUT2D eigenvalue weighted by atomic mass is 79.9. The van der Waals surface area contributed by atoms with Crippen molar-refractivity contribution in [2.24, 2.45) is 0 Å². The fourth-order valence-corrected chi connectivity index (χ4v) is 2.64. The van der Waals surface area contributed by atoms with E-state index in [0.717, 1.165) is 5.56 Å². The van der Waals surface area contributed by atoms with Crippen molar-refractivity contribution < 1.29 is 9.18 Å². The van der Waals surface area contributed by atoms with Gasteiger partial charge in [-0.15, -0.1) is 0 Å². The van der Waals surface area contributed by atoms with Crippen molar-refractivity contribution in [2.45, 2.75) is 6.54 Å². The summed E-state index contributed by atoms with van der Waals surface area (Å²) in [6.45, 7) is 0.535. The first-order valence-corrected chi connectivity index (χ1v) is 7.74. The van der Waals surface area contributed by atoms with Gasteiger partial charge in [0.15, 0.2) is 0 Å². The number of hydrogen-bond acceptors (Lipinski definition) is 2. The van der Waals surface area contributed by atoms with E-state index in [1.807, 2.05) is 36.5 Å². The molecule has 3 rings (SSSR count). The number of rotatable bonds is 4. The Morgan fingerprint density at radius 1 is 1.22 bits per heavy atom. The molecule has 0 fully saturated rings. The van der Waals surface area contributed by atoms with Crippen LogP contribution in [0.2, 0.25) is 0 Å². The highest BCUT2D eigenvalue weighted by molar-refractivity contribution is 9.10. The zero-order valence-corrected chi connectivity index (χ0v) is 13.6. The molecule has 23 heavy (non-hydrogen) atoms. The number of halogens is 2. The Bertz CT molecular complexity index is 834. The summed E-state index contributed by atoms with van der Waals surface area (Å²) in [5.41, 5.74) is 1.83. The first-order valence-electron chi connectivity index (χ1n) is 6.95. The van der Waals surface area contributed by atoms with Crippen LogP contribution in [0.15, 0.2) is 65.4 Å². The Morgan fingerprint density at radius 3 is 2.83 bits per heavy atom. The summed E-state index contributed by atoms with van der Waals surface area (Å²) < 4.78 is 15.7. The number of hydrogen-bond donors (Lipinski definition) is 1. The summed E-state index contributed by atoms with van der Waals surface area (Å²) in [4.78, 5) is 12.4. The van der Waals surface area contributed by atoms with Gasteiger partial charge in [-0.1, -0.05) is 18.2 Å². The average Bonchev–Trinajstić information content (AvgIpc) is 3.04. The van der Waals surface area contributed by atoms with Gasteiger partial charge in [-0.05, 0) is 51.8 Å². The number of amides is 1. The van der Waals surface area contributed by atoms with Gasteiger partial charge < -0.3 is 5.32 Å². The monoisotopic (exact) mass is 373 g/mol. The van der Waals surface area contributed by atoms with Crippen LogP contribution >= 0.6 is 15.9 Å². The maximum atomic E-state index is 13.4. The minimum atomic E-state index is -0.455. The zero-order chi connectivity index (χ0) is 16.2. The minimum absolute atomic E-state index is 0.249. The summed E-state index contributed by atoms with van der Waals surface area (Å²) in [7, 11) is 0. The van der Waals surface area contributed by atoms with Gasteiger partial charge in [0.2, 0.25) is 0 Å². The van der Waals surface area contributed by atoms with Crippen LogP contribution in [0.3, 0.4) is 0 Å². The second kappa shape index (κ2) is 6.75. The summed E-state index contributed by atoms with van der Waals surface area (Å²) in [6.07, 6.45) is 3.55. The van der Waals surface area contributed by atoms with E-state index in [4.69, 9.17) is 0 Å². The molecule has 0 saturated carbocycles. The van der Waals surface area contributed by atoms with Crippen molar-refractivity contribution in [1.29, 1.82) is 0 Å². The molecule has 2 aromatic carbocycles. The van der Waals surface area contributed by atoms with Crippen molar-refractivity contribution in [3.05, 3.63) is 82.3 Å². The molecule has 0 saturated heterocycles. The largest absolute Gasteiger partial charge is 0.322 e. The molecule has 116 valence electrons. The van der Waals surface area contributed by atoms with Crippen LogP contribution in [0.1, 0.15) is 15.9 Å². The van der Waals surface area contributed by atoms with Gasteiger partial charge in [-0.25, -0.2) is 4.39 Å². The fraction of sp³-hybridized carbons (Fsp3) is 0.0588. The minimum Gasteiger partial charge on any atom is -0.322 e. The lowest BCUT2D eigenvalue weighted by atomic mass is 10.1. The Labute approximate surface area is 141 Å². The molecular formula is C17H13BrFN3O. The van der Waals surface area contributed by atoms with Crippen LogP contribution in [-0.4, -0.2) is 15.7 Å². The van der Waals surface area contributed by atoms with Gasteiger partial charge >= 0.3 is 0 Å². The topological polar surface area (TPSA) is 46.9 Å². The molecule has 1 amide bonds. The van der Waals surface area contributed by atoms with Gasteiger partial charge in [0.05, 0.1) is 12.1 Å². The van der Waals surface area contributed by atoms with Gasteiger partial charge in [-0.2, -0.15) is 5.10 Å². The lowest BCUT2D eigenvalue weighted by molar-refractivity contribution is 0.102. The summed E-state index contributed by atoms with van der Waals surface area (Å²) in [6, 6.07) is 13.3. The molecule has 1 N–H and O–H groups in total. The van der Waals surface area contributed by atoms with Crippen LogP contribution in [0.4, 0.5) is 10.1 Å². The van der Waals surface area contributed by atoms with Crippen LogP contribution in [0.25, 0.3) is 0 Å². The summed E-state index contributed by atoms with van der Waals surface area (Å²) >= 11 is 3.27. The number of aromatic nitrogens is 2. The maximum absolute atomic E-state index is 13.4. The van der Waals surface area contributed by atoms with E-state index < -0.39 is 5.82 Å². The van der Waals surface area contributed by atoms with E-state index in [1.54, 1.807) is 10.9 Å². The third-order valence-electron chi connectivity index (χ3n) is 3.33. The Hall–Kier alpha value is -2.47. The number of carbonyl (C=O) groups is 1. The molecule has 1 aromatic heterocycles. The predicted octanol–water partition coefficient (Wildman–Crippen LogP) is 4.09. The molecular weight excluding hydrogens is 361 g/mol. The molecule has 0 atom stereocenters. The number of carbonyl (C=O) groups excluding carboxylic acids is 1. The molecule has 3 aromatic rings. The average molecular weight is 374 g/mol. The Kier molecular flexibility index (Phi) is 4.52. The highest BCUT2D eigenvalue weighted by Crippen LogP contribution is 2.21. The molecule has 1 heterocycles. The number of benzene rings is 2. The van der Waals surface area contributed by atoms with E-state index in [2.05, 4.69) is 26.3 Å². The van der Waals surface area contributed by atoms with Crippen LogP contribution in [-0.2, 0) is 6.54 Å². The van der Waals surface area contributed by atoms with E-state index in [9.17, 15) is 9.18 Å². The number of para-hydroxylation sites is 1. The van der Waals surface area contributed by atoms with Crippen LogP contribution in [0, 0.1) is 5.82 Å². The molecule has 0 aliphatic heterocycles.